The molecule has 102 valence electrons. The summed E-state index contributed by atoms with van der Waals surface area (Å²) in [6.45, 7) is 4.80. The highest BCUT2D eigenvalue weighted by molar-refractivity contribution is 6.20. The predicted molar refractivity (Wildman–Crippen MR) is 82.1 cm³/mol. The van der Waals surface area contributed by atoms with E-state index in [0.29, 0.717) is 0 Å². The smallest absolute Gasteiger partial charge is 0.160 e. The lowest BCUT2D eigenvalue weighted by Gasteiger charge is -2.11. The lowest BCUT2D eigenvalue weighted by Crippen LogP contribution is -2.07. The average Bonchev–Trinajstić information content (AvgIpc) is 2.81. The minimum Gasteiger partial charge on any atom is -0.307 e. The molecule has 20 heavy (non-hydrogen) atoms. The van der Waals surface area contributed by atoms with Crippen LogP contribution in [0.4, 0.5) is 0 Å². The molecule has 2 heterocycles. The second kappa shape index (κ2) is 5.25. The molecular formula is C16H16ClN3. The zero-order valence-corrected chi connectivity index (χ0v) is 12.3. The maximum Gasteiger partial charge on any atom is 0.160 e. The van der Waals surface area contributed by atoms with Crippen LogP contribution in [0.2, 0.25) is 0 Å². The van der Waals surface area contributed by atoms with Crippen LogP contribution in [0.15, 0.2) is 42.6 Å². The van der Waals surface area contributed by atoms with Crippen molar-refractivity contribution < 1.29 is 0 Å². The molecule has 3 aromatic rings. The highest BCUT2D eigenvalue weighted by Gasteiger charge is 2.16. The van der Waals surface area contributed by atoms with Crippen molar-refractivity contribution in [1.29, 1.82) is 0 Å². The second-order valence-corrected chi connectivity index (χ2v) is 5.60. The van der Waals surface area contributed by atoms with Crippen LogP contribution in [0.25, 0.3) is 11.2 Å². The second-order valence-electron chi connectivity index (χ2n) is 4.94. The first-order valence-corrected chi connectivity index (χ1v) is 7.10. The van der Waals surface area contributed by atoms with Gasteiger partial charge in [0.1, 0.15) is 11.3 Å². The van der Waals surface area contributed by atoms with E-state index in [-0.39, 0.29) is 5.38 Å². The Morgan fingerprint density at radius 3 is 2.75 bits per heavy atom. The molecule has 0 N–H and O–H groups in total. The van der Waals surface area contributed by atoms with Crippen LogP contribution in [-0.4, -0.2) is 14.5 Å². The molecule has 1 atom stereocenters. The number of imidazole rings is 1. The van der Waals surface area contributed by atoms with Crippen LogP contribution in [0.1, 0.15) is 29.3 Å². The topological polar surface area (TPSA) is 30.7 Å². The zero-order valence-electron chi connectivity index (χ0n) is 11.5. The number of nitrogens with zero attached hydrogens (tertiary/aromatic N) is 3. The Morgan fingerprint density at radius 2 is 2.00 bits per heavy atom. The van der Waals surface area contributed by atoms with Crippen molar-refractivity contribution in [2.45, 2.75) is 25.8 Å². The fraction of sp³-hybridized carbons (Fsp3) is 0.250. The molecule has 2 aromatic heterocycles. The van der Waals surface area contributed by atoms with Gasteiger partial charge in [-0.2, -0.15) is 0 Å². The minimum atomic E-state index is -0.145. The van der Waals surface area contributed by atoms with Gasteiger partial charge in [-0.3, -0.25) is 0 Å². The van der Waals surface area contributed by atoms with Gasteiger partial charge in [0.15, 0.2) is 5.65 Å². The highest BCUT2D eigenvalue weighted by Crippen LogP contribution is 2.24. The quantitative estimate of drug-likeness (QED) is 0.679. The van der Waals surface area contributed by atoms with E-state index >= 15 is 0 Å². The zero-order chi connectivity index (χ0) is 14.1. The summed E-state index contributed by atoms with van der Waals surface area (Å²) < 4.78 is 2.11. The summed E-state index contributed by atoms with van der Waals surface area (Å²) in [6.07, 6.45) is 1.79. The van der Waals surface area contributed by atoms with E-state index in [0.717, 1.165) is 23.5 Å². The van der Waals surface area contributed by atoms with Crippen molar-refractivity contribution in [3.63, 3.8) is 0 Å². The third-order valence-corrected chi connectivity index (χ3v) is 3.67. The van der Waals surface area contributed by atoms with E-state index < -0.39 is 0 Å². The standard InChI is InChI=1S/C16H16ClN3/c1-11-6-3-4-7-13(11)10-20-15(12(2)17)19-14-8-5-9-18-16(14)20/h3-9,12H,10H2,1-2H3. The number of halogens is 1. The summed E-state index contributed by atoms with van der Waals surface area (Å²) >= 11 is 6.27. The molecule has 4 heteroatoms. The maximum atomic E-state index is 6.27. The Balaban J connectivity index is 2.14. The number of rotatable bonds is 3. The van der Waals surface area contributed by atoms with Gasteiger partial charge in [-0.25, -0.2) is 9.97 Å². The van der Waals surface area contributed by atoms with Gasteiger partial charge in [-0.1, -0.05) is 24.3 Å². The van der Waals surface area contributed by atoms with Crippen molar-refractivity contribution in [2.75, 3.05) is 0 Å². The Bertz CT molecular complexity index is 746. The highest BCUT2D eigenvalue weighted by atomic mass is 35.5. The average molecular weight is 286 g/mol. The maximum absolute atomic E-state index is 6.27. The molecule has 0 spiro atoms. The van der Waals surface area contributed by atoms with E-state index in [9.17, 15) is 0 Å². The Morgan fingerprint density at radius 1 is 1.20 bits per heavy atom. The van der Waals surface area contributed by atoms with Crippen molar-refractivity contribution in [3.05, 3.63) is 59.5 Å². The van der Waals surface area contributed by atoms with Gasteiger partial charge in [0.2, 0.25) is 0 Å². The van der Waals surface area contributed by atoms with Crippen molar-refractivity contribution in [3.8, 4) is 0 Å². The number of aromatic nitrogens is 3. The number of hydrogen-bond donors (Lipinski definition) is 0. The summed E-state index contributed by atoms with van der Waals surface area (Å²) in [4.78, 5) is 9.06. The molecule has 0 amide bonds. The molecule has 0 aliphatic carbocycles. The number of hydrogen-bond acceptors (Lipinski definition) is 2. The van der Waals surface area contributed by atoms with Crippen molar-refractivity contribution >= 4 is 22.8 Å². The SMILES string of the molecule is Cc1ccccc1Cn1c(C(C)Cl)nc2cccnc21. The van der Waals surface area contributed by atoms with Crippen LogP contribution in [-0.2, 0) is 6.54 Å². The van der Waals surface area contributed by atoms with E-state index in [1.807, 2.05) is 25.1 Å². The van der Waals surface area contributed by atoms with Crippen molar-refractivity contribution in [1.82, 2.24) is 14.5 Å². The minimum absolute atomic E-state index is 0.145. The summed E-state index contributed by atoms with van der Waals surface area (Å²) in [6, 6.07) is 12.2. The van der Waals surface area contributed by atoms with Gasteiger partial charge >= 0.3 is 0 Å². The molecule has 3 rings (SSSR count). The third kappa shape index (κ3) is 2.29. The number of aryl methyl sites for hydroxylation is 1. The van der Waals surface area contributed by atoms with Crippen LogP contribution >= 0.6 is 11.6 Å². The molecule has 0 bridgehead atoms. The molecule has 0 fully saturated rings. The Kier molecular flexibility index (Phi) is 3.45. The Hall–Kier alpha value is -1.87. The molecular weight excluding hydrogens is 270 g/mol. The van der Waals surface area contributed by atoms with Gasteiger partial charge in [0, 0.05) is 6.20 Å². The molecule has 0 aliphatic rings. The van der Waals surface area contributed by atoms with Gasteiger partial charge in [0.25, 0.3) is 0 Å². The monoisotopic (exact) mass is 285 g/mol. The first-order valence-electron chi connectivity index (χ1n) is 6.66. The molecule has 0 saturated carbocycles. The lowest BCUT2D eigenvalue weighted by molar-refractivity contribution is 0.733. The van der Waals surface area contributed by atoms with E-state index in [1.54, 1.807) is 6.20 Å². The fourth-order valence-electron chi connectivity index (χ4n) is 2.39. The predicted octanol–water partition coefficient (Wildman–Crippen LogP) is 4.09. The number of benzene rings is 1. The largest absolute Gasteiger partial charge is 0.307 e. The third-order valence-electron chi connectivity index (χ3n) is 3.48. The summed E-state index contributed by atoms with van der Waals surface area (Å²) in [5.41, 5.74) is 4.30. The molecule has 0 aliphatic heterocycles. The molecule has 3 nitrogen and oxygen atoms in total. The lowest BCUT2D eigenvalue weighted by atomic mass is 10.1. The van der Waals surface area contributed by atoms with E-state index in [2.05, 4.69) is 39.7 Å². The number of alkyl halides is 1. The first kappa shape index (κ1) is 13.1. The van der Waals surface area contributed by atoms with Gasteiger partial charge in [-0.05, 0) is 37.1 Å². The van der Waals surface area contributed by atoms with Crippen LogP contribution in [0.3, 0.4) is 0 Å². The van der Waals surface area contributed by atoms with Gasteiger partial charge in [0.05, 0.1) is 11.9 Å². The summed E-state index contributed by atoms with van der Waals surface area (Å²) in [7, 11) is 0. The molecule has 0 saturated heterocycles. The number of fused-ring (bicyclic) bond motifs is 1. The fourth-order valence-corrected chi connectivity index (χ4v) is 2.56. The molecule has 1 unspecified atom stereocenters. The Labute approximate surface area is 123 Å². The van der Waals surface area contributed by atoms with Crippen LogP contribution in [0.5, 0.6) is 0 Å². The van der Waals surface area contributed by atoms with Gasteiger partial charge < -0.3 is 4.57 Å². The van der Waals surface area contributed by atoms with Crippen LogP contribution < -0.4 is 0 Å². The molecule has 1 aromatic carbocycles. The van der Waals surface area contributed by atoms with E-state index in [4.69, 9.17) is 11.6 Å². The van der Waals surface area contributed by atoms with Crippen LogP contribution in [0, 0.1) is 6.92 Å². The summed E-state index contributed by atoms with van der Waals surface area (Å²) in [5.74, 6) is 0.864. The van der Waals surface area contributed by atoms with E-state index in [1.165, 1.54) is 11.1 Å². The van der Waals surface area contributed by atoms with Gasteiger partial charge in [-0.15, -0.1) is 11.6 Å². The molecule has 0 radical (unpaired) electrons. The van der Waals surface area contributed by atoms with Crippen molar-refractivity contribution in [2.24, 2.45) is 0 Å². The normalized spacial score (nSPS) is 12.8. The number of pyridine rings is 1. The summed E-state index contributed by atoms with van der Waals surface area (Å²) in [5, 5.41) is -0.145. The first-order chi connectivity index (χ1) is 9.66.